The van der Waals surface area contributed by atoms with Crippen LogP contribution in [0.1, 0.15) is 46.6 Å². The first-order chi connectivity index (χ1) is 17.0. The minimum Gasteiger partial charge on any atom is -0.363 e. The highest BCUT2D eigenvalue weighted by Crippen LogP contribution is 2.39. The number of halogens is 3. The summed E-state index contributed by atoms with van der Waals surface area (Å²) in [7, 11) is 1.71. The number of nitrogens with zero attached hydrogens (tertiary/aromatic N) is 5. The number of aryl methyl sites for hydroxylation is 3. The second-order valence-corrected chi connectivity index (χ2v) is 9.09. The maximum Gasteiger partial charge on any atom is 0.416 e. The Kier molecular flexibility index (Phi) is 5.69. The number of rotatable bonds is 4. The first-order valence-corrected chi connectivity index (χ1v) is 11.6. The van der Waals surface area contributed by atoms with Crippen molar-refractivity contribution in [2.45, 2.75) is 33.0 Å². The molecule has 0 bridgehead atoms. The lowest BCUT2D eigenvalue weighted by molar-refractivity contribution is -0.137. The molecule has 10 heteroatoms. The summed E-state index contributed by atoms with van der Waals surface area (Å²) in [6, 6.07) is 6.67. The van der Waals surface area contributed by atoms with Crippen molar-refractivity contribution >= 4 is 29.1 Å². The molecule has 2 aromatic heterocycles. The van der Waals surface area contributed by atoms with E-state index in [9.17, 15) is 18.0 Å². The van der Waals surface area contributed by atoms with Crippen LogP contribution in [0.25, 0.3) is 11.6 Å². The predicted octanol–water partition coefficient (Wildman–Crippen LogP) is 4.76. The van der Waals surface area contributed by atoms with Crippen LogP contribution in [0.3, 0.4) is 0 Å². The lowest BCUT2D eigenvalue weighted by Gasteiger charge is -2.29. The number of alkyl halides is 3. The van der Waals surface area contributed by atoms with Crippen molar-refractivity contribution in [1.82, 2.24) is 14.5 Å². The van der Waals surface area contributed by atoms with E-state index in [1.165, 1.54) is 6.07 Å². The highest BCUT2D eigenvalue weighted by molar-refractivity contribution is 6.36. The molecule has 1 aromatic carbocycles. The highest BCUT2D eigenvalue weighted by Gasteiger charge is 2.33. The van der Waals surface area contributed by atoms with Crippen molar-refractivity contribution in [2.75, 3.05) is 23.3 Å². The molecular formula is C26H25F3N6O. The van der Waals surface area contributed by atoms with Gasteiger partial charge in [0.15, 0.2) is 0 Å². The number of pyridine rings is 1. The summed E-state index contributed by atoms with van der Waals surface area (Å²) in [6.07, 6.45) is -0.702. The Morgan fingerprint density at radius 2 is 1.92 bits per heavy atom. The van der Waals surface area contributed by atoms with Crippen LogP contribution in [0.15, 0.2) is 46.3 Å². The van der Waals surface area contributed by atoms with Gasteiger partial charge in [0.05, 0.1) is 17.7 Å². The summed E-state index contributed by atoms with van der Waals surface area (Å²) < 4.78 is 41.3. The number of hydrogen-bond donors (Lipinski definition) is 1. The second kappa shape index (κ2) is 8.61. The van der Waals surface area contributed by atoms with Gasteiger partial charge in [-0.05, 0) is 50.6 Å². The van der Waals surface area contributed by atoms with Crippen LogP contribution in [-0.2, 0) is 13.2 Å². The summed E-state index contributed by atoms with van der Waals surface area (Å²) in [5.41, 5.74) is 2.73. The van der Waals surface area contributed by atoms with Crippen LogP contribution >= 0.6 is 0 Å². The van der Waals surface area contributed by atoms with Gasteiger partial charge in [-0.25, -0.2) is 9.97 Å². The zero-order valence-corrected chi connectivity index (χ0v) is 20.3. The molecule has 0 fully saturated rings. The van der Waals surface area contributed by atoms with E-state index < -0.39 is 17.8 Å². The summed E-state index contributed by atoms with van der Waals surface area (Å²) in [5, 5.41) is 3.30. The number of hydrogen-bond acceptors (Lipinski definition) is 6. The van der Waals surface area contributed by atoms with Gasteiger partial charge >= 0.3 is 6.18 Å². The Hall–Kier alpha value is -3.95. The lowest BCUT2D eigenvalue weighted by Crippen LogP contribution is -2.33. The van der Waals surface area contributed by atoms with E-state index in [1.807, 2.05) is 17.0 Å². The fourth-order valence-electron chi connectivity index (χ4n) is 4.62. The Bertz CT molecular complexity index is 1460. The topological polar surface area (TPSA) is 75.4 Å². The quantitative estimate of drug-likeness (QED) is 0.566. The maximum absolute atomic E-state index is 13.3. The fourth-order valence-corrected chi connectivity index (χ4v) is 4.62. The van der Waals surface area contributed by atoms with Gasteiger partial charge in [-0.15, -0.1) is 0 Å². The summed E-state index contributed by atoms with van der Waals surface area (Å²) in [5.74, 6) is 2.53. The smallest absolute Gasteiger partial charge is 0.363 e. The Morgan fingerprint density at radius 1 is 1.14 bits per heavy atom. The molecule has 0 radical (unpaired) electrons. The van der Waals surface area contributed by atoms with Crippen LogP contribution < -0.4 is 15.8 Å². The normalized spacial score (nSPS) is 15.7. The van der Waals surface area contributed by atoms with Crippen LogP contribution in [0, 0.1) is 13.8 Å². The van der Waals surface area contributed by atoms with Crippen molar-refractivity contribution in [3.05, 3.63) is 80.5 Å². The first kappa shape index (κ1) is 23.8. The summed E-state index contributed by atoms with van der Waals surface area (Å²) >= 11 is 0. The molecule has 1 atom stereocenters. The van der Waals surface area contributed by atoms with E-state index >= 15 is 0 Å². The van der Waals surface area contributed by atoms with Gasteiger partial charge in [0, 0.05) is 42.5 Å². The van der Waals surface area contributed by atoms with Gasteiger partial charge in [0.25, 0.3) is 5.56 Å². The van der Waals surface area contributed by atoms with Crippen LogP contribution in [-0.4, -0.2) is 33.5 Å². The maximum atomic E-state index is 13.3. The van der Waals surface area contributed by atoms with Crippen molar-refractivity contribution in [3.8, 4) is 0 Å². The van der Waals surface area contributed by atoms with E-state index in [1.54, 1.807) is 44.6 Å². The van der Waals surface area contributed by atoms with Crippen molar-refractivity contribution in [3.63, 3.8) is 0 Å². The monoisotopic (exact) mass is 494 g/mol. The molecule has 2 aliphatic heterocycles. The molecule has 0 saturated heterocycles. The molecule has 186 valence electrons. The predicted molar refractivity (Wildman–Crippen MR) is 134 cm³/mol. The Morgan fingerprint density at radius 3 is 2.64 bits per heavy atom. The first-order valence-electron chi connectivity index (χ1n) is 11.6. The summed E-state index contributed by atoms with van der Waals surface area (Å²) in [4.78, 5) is 28.3. The number of fused-ring (bicyclic) bond motifs is 3. The molecule has 1 N–H and O–H groups in total. The molecule has 36 heavy (non-hydrogen) atoms. The number of amidine groups is 1. The average Bonchev–Trinajstić information content (AvgIpc) is 3.32. The van der Waals surface area contributed by atoms with Gasteiger partial charge in [-0.2, -0.15) is 13.2 Å². The summed E-state index contributed by atoms with van der Waals surface area (Å²) in [6.45, 7) is 6.59. The fraction of sp³-hybridized carbons (Fsp3) is 0.308. The van der Waals surface area contributed by atoms with Gasteiger partial charge in [-0.3, -0.25) is 9.79 Å². The zero-order valence-electron chi connectivity index (χ0n) is 20.3. The number of aliphatic imine (C=N–C) groups is 1. The standard InChI is InChI=1S/C26H25F3N6O/c1-14-10-18(13-34(4)25(14)36)20-12-21-22(32-16(3)33-24(21)35-9-8-30-23(20)35)31-15(2)17-6-5-7-19(11-17)26(27,28)29/h5-7,10-13,15H,8-9H2,1-4H3,(H,31,32,33)/t15-/m1/s1. The van der Waals surface area contributed by atoms with E-state index in [-0.39, 0.29) is 5.56 Å². The lowest BCUT2D eigenvalue weighted by atomic mass is 9.98. The third-order valence-electron chi connectivity index (χ3n) is 6.40. The van der Waals surface area contributed by atoms with E-state index in [0.29, 0.717) is 41.7 Å². The number of benzene rings is 1. The van der Waals surface area contributed by atoms with Crippen LogP contribution in [0.2, 0.25) is 0 Å². The van der Waals surface area contributed by atoms with Crippen LogP contribution in [0.5, 0.6) is 0 Å². The molecule has 3 aromatic rings. The molecule has 0 saturated carbocycles. The van der Waals surface area contributed by atoms with Crippen molar-refractivity contribution in [1.29, 1.82) is 0 Å². The third-order valence-corrected chi connectivity index (χ3v) is 6.40. The number of anilines is 2. The molecule has 4 heterocycles. The molecule has 0 unspecified atom stereocenters. The minimum absolute atomic E-state index is 0.0722. The second-order valence-electron chi connectivity index (χ2n) is 9.09. The van der Waals surface area contributed by atoms with Crippen molar-refractivity contribution < 1.29 is 13.2 Å². The third kappa shape index (κ3) is 4.16. The van der Waals surface area contributed by atoms with E-state index in [4.69, 9.17) is 4.99 Å². The molecule has 0 aliphatic carbocycles. The Balaban J connectivity index is 1.60. The highest BCUT2D eigenvalue weighted by atomic mass is 19.4. The molecule has 2 aliphatic rings. The number of nitrogens with one attached hydrogen (secondary N) is 1. The van der Waals surface area contributed by atoms with E-state index in [0.717, 1.165) is 34.7 Å². The van der Waals surface area contributed by atoms with Gasteiger partial charge in [0.1, 0.15) is 23.3 Å². The van der Waals surface area contributed by atoms with Gasteiger partial charge in [0.2, 0.25) is 0 Å². The number of aromatic nitrogens is 3. The SMILES string of the molecule is Cc1nc(N[C@H](C)c2cccc(C(F)(F)F)c2)c2c(n1)N1CCN=C1C(c1cc(C)c(=O)n(C)c1)=C2. The average molecular weight is 495 g/mol. The van der Waals surface area contributed by atoms with E-state index in [2.05, 4.69) is 15.3 Å². The molecule has 5 rings (SSSR count). The molecule has 7 nitrogen and oxygen atoms in total. The van der Waals surface area contributed by atoms with Gasteiger partial charge < -0.3 is 14.8 Å². The molecular weight excluding hydrogens is 469 g/mol. The van der Waals surface area contributed by atoms with Gasteiger partial charge in [-0.1, -0.05) is 12.1 Å². The molecule has 0 spiro atoms. The Labute approximate surface area is 206 Å². The van der Waals surface area contributed by atoms with Crippen molar-refractivity contribution in [2.24, 2.45) is 12.0 Å². The van der Waals surface area contributed by atoms with Crippen LogP contribution in [0.4, 0.5) is 24.8 Å². The largest absolute Gasteiger partial charge is 0.416 e. The zero-order chi connectivity index (χ0) is 25.8. The molecule has 0 amide bonds. The minimum atomic E-state index is -4.42.